The maximum absolute atomic E-state index is 12.9. The van der Waals surface area contributed by atoms with E-state index >= 15 is 0 Å². The van der Waals surface area contributed by atoms with Crippen LogP contribution < -0.4 is 9.46 Å². The van der Waals surface area contributed by atoms with Crippen LogP contribution in [0.4, 0.5) is 0 Å². The molecule has 0 aliphatic rings. The maximum Gasteiger partial charge on any atom is 0.241 e. The van der Waals surface area contributed by atoms with Crippen LogP contribution in [-0.2, 0) is 10.0 Å². The summed E-state index contributed by atoms with van der Waals surface area (Å²) in [5.74, 6) is 0.704. The second-order valence-corrected chi connectivity index (χ2v) is 8.34. The Morgan fingerprint density at radius 3 is 1.89 bits per heavy atom. The van der Waals surface area contributed by atoms with Crippen LogP contribution in [0.3, 0.4) is 0 Å². The number of hydrogen-bond donors (Lipinski definition) is 1. The molecule has 3 rings (SSSR count). The van der Waals surface area contributed by atoms with Crippen LogP contribution in [0.5, 0.6) is 5.75 Å². The van der Waals surface area contributed by atoms with Gasteiger partial charge in [0.05, 0.1) is 18.0 Å². The lowest BCUT2D eigenvalue weighted by atomic mass is 10.00. The largest absolute Gasteiger partial charge is 0.497 e. The van der Waals surface area contributed by atoms with Gasteiger partial charge in [0.25, 0.3) is 0 Å². The first-order valence-corrected chi connectivity index (χ1v) is 10.2. The number of rotatable bonds is 6. The lowest BCUT2D eigenvalue weighted by Gasteiger charge is -2.20. The molecule has 0 amide bonds. The van der Waals surface area contributed by atoms with Crippen LogP contribution in [-0.4, -0.2) is 15.5 Å². The monoisotopic (exact) mass is 401 g/mol. The molecule has 0 radical (unpaired) electrons. The van der Waals surface area contributed by atoms with Crippen molar-refractivity contribution >= 4 is 21.6 Å². The minimum Gasteiger partial charge on any atom is -0.497 e. The Labute approximate surface area is 164 Å². The first-order valence-electron chi connectivity index (χ1n) is 8.37. The second kappa shape index (κ2) is 8.13. The molecule has 1 atom stereocenters. The molecule has 0 aromatic heterocycles. The van der Waals surface area contributed by atoms with Gasteiger partial charge < -0.3 is 4.74 Å². The van der Waals surface area contributed by atoms with Gasteiger partial charge >= 0.3 is 0 Å². The molecule has 0 unspecified atom stereocenters. The van der Waals surface area contributed by atoms with Gasteiger partial charge in [-0.05, 0) is 54.4 Å². The third kappa shape index (κ3) is 4.69. The quantitative estimate of drug-likeness (QED) is 0.649. The number of methoxy groups -OCH3 is 1. The van der Waals surface area contributed by atoms with Crippen molar-refractivity contribution < 1.29 is 13.2 Å². The zero-order chi connectivity index (χ0) is 19.4. The van der Waals surface area contributed by atoms with Crippen LogP contribution in [0.15, 0.2) is 77.7 Å². The summed E-state index contributed by atoms with van der Waals surface area (Å²) < 4.78 is 33.9. The molecule has 0 saturated carbocycles. The van der Waals surface area contributed by atoms with Gasteiger partial charge in [-0.2, -0.15) is 4.72 Å². The molecule has 0 aliphatic heterocycles. The van der Waals surface area contributed by atoms with Gasteiger partial charge in [-0.1, -0.05) is 53.6 Å². The summed E-state index contributed by atoms with van der Waals surface area (Å²) in [6.45, 7) is 1.91. The van der Waals surface area contributed by atoms with Crippen molar-refractivity contribution in [1.29, 1.82) is 0 Å². The molecule has 6 heteroatoms. The molecule has 0 saturated heterocycles. The first-order chi connectivity index (χ1) is 12.9. The van der Waals surface area contributed by atoms with E-state index in [-0.39, 0.29) is 4.90 Å². The van der Waals surface area contributed by atoms with E-state index in [4.69, 9.17) is 16.3 Å². The van der Waals surface area contributed by atoms with E-state index in [9.17, 15) is 8.42 Å². The Balaban J connectivity index is 2.00. The second-order valence-electron chi connectivity index (χ2n) is 6.19. The van der Waals surface area contributed by atoms with Crippen LogP contribution in [0, 0.1) is 6.92 Å². The van der Waals surface area contributed by atoms with Crippen molar-refractivity contribution in [3.63, 3.8) is 0 Å². The average Bonchev–Trinajstić information content (AvgIpc) is 2.67. The van der Waals surface area contributed by atoms with E-state index in [2.05, 4.69) is 4.72 Å². The van der Waals surface area contributed by atoms with Crippen molar-refractivity contribution in [1.82, 2.24) is 4.72 Å². The fraction of sp³-hybridized carbons (Fsp3) is 0.143. The highest BCUT2D eigenvalue weighted by Gasteiger charge is 2.23. The number of benzene rings is 3. The Morgan fingerprint density at radius 1 is 0.852 bits per heavy atom. The van der Waals surface area contributed by atoms with Crippen LogP contribution in [0.25, 0.3) is 0 Å². The molecule has 0 spiro atoms. The maximum atomic E-state index is 12.9. The fourth-order valence-electron chi connectivity index (χ4n) is 2.72. The summed E-state index contributed by atoms with van der Waals surface area (Å²) in [5.41, 5.74) is 2.59. The van der Waals surface area contributed by atoms with E-state index in [1.54, 1.807) is 55.6 Å². The van der Waals surface area contributed by atoms with Crippen molar-refractivity contribution in [2.45, 2.75) is 17.9 Å². The van der Waals surface area contributed by atoms with Gasteiger partial charge in [-0.25, -0.2) is 8.42 Å². The first kappa shape index (κ1) is 19.4. The highest BCUT2D eigenvalue weighted by Crippen LogP contribution is 2.27. The molecule has 0 fully saturated rings. The number of sulfonamides is 1. The fourth-order valence-corrected chi connectivity index (χ4v) is 4.06. The molecule has 27 heavy (non-hydrogen) atoms. The molecule has 4 nitrogen and oxygen atoms in total. The van der Waals surface area contributed by atoms with E-state index < -0.39 is 16.1 Å². The number of aryl methyl sites for hydroxylation is 1. The molecule has 3 aromatic carbocycles. The summed E-state index contributed by atoms with van der Waals surface area (Å²) in [6, 6.07) is 20.6. The number of halogens is 1. The van der Waals surface area contributed by atoms with Gasteiger partial charge in [-0.15, -0.1) is 0 Å². The number of ether oxygens (including phenoxy) is 1. The molecule has 0 aliphatic carbocycles. The zero-order valence-electron chi connectivity index (χ0n) is 15.0. The van der Waals surface area contributed by atoms with Crippen molar-refractivity contribution in [2.75, 3.05) is 7.11 Å². The average molecular weight is 402 g/mol. The minimum atomic E-state index is -3.71. The Kier molecular flexibility index (Phi) is 5.85. The van der Waals surface area contributed by atoms with E-state index in [1.807, 2.05) is 31.2 Å². The van der Waals surface area contributed by atoms with Crippen molar-refractivity contribution in [2.24, 2.45) is 0 Å². The van der Waals surface area contributed by atoms with Gasteiger partial charge in [-0.3, -0.25) is 0 Å². The van der Waals surface area contributed by atoms with Gasteiger partial charge in [0.2, 0.25) is 10.0 Å². The SMILES string of the molecule is COc1ccc([C@H](NS(=O)(=O)c2ccc(C)cc2)c2ccc(Cl)cc2)cc1. The number of nitrogens with one attached hydrogen (secondary N) is 1. The molecule has 3 aromatic rings. The summed E-state index contributed by atoms with van der Waals surface area (Å²) in [7, 11) is -2.12. The summed E-state index contributed by atoms with van der Waals surface area (Å²) in [5, 5.41) is 0.591. The third-order valence-corrected chi connectivity index (χ3v) is 5.95. The highest BCUT2D eigenvalue weighted by atomic mass is 35.5. The zero-order valence-corrected chi connectivity index (χ0v) is 16.6. The normalized spacial score (nSPS) is 12.6. The van der Waals surface area contributed by atoms with Crippen LogP contribution >= 0.6 is 11.6 Å². The summed E-state index contributed by atoms with van der Waals surface area (Å²) in [6.07, 6.45) is 0. The Hall–Kier alpha value is -2.34. The van der Waals surface area contributed by atoms with Crippen molar-refractivity contribution in [3.05, 3.63) is 94.5 Å². The predicted molar refractivity (Wildman–Crippen MR) is 108 cm³/mol. The van der Waals surface area contributed by atoms with E-state index in [0.717, 1.165) is 16.7 Å². The van der Waals surface area contributed by atoms with Crippen molar-refractivity contribution in [3.8, 4) is 5.75 Å². The molecule has 0 bridgehead atoms. The Bertz CT molecular complexity index is 999. The van der Waals surface area contributed by atoms with Crippen LogP contribution in [0.1, 0.15) is 22.7 Å². The van der Waals surface area contributed by atoms with Gasteiger partial charge in [0, 0.05) is 5.02 Å². The lowest BCUT2D eigenvalue weighted by molar-refractivity contribution is 0.414. The highest BCUT2D eigenvalue weighted by molar-refractivity contribution is 7.89. The minimum absolute atomic E-state index is 0.223. The topological polar surface area (TPSA) is 55.4 Å². The molecule has 1 N–H and O–H groups in total. The summed E-state index contributed by atoms with van der Waals surface area (Å²) >= 11 is 5.99. The standard InChI is InChI=1S/C21H20ClNO3S/c1-15-3-13-20(14-4-15)27(24,25)23-21(16-5-9-18(22)10-6-16)17-7-11-19(26-2)12-8-17/h3-14,21,23H,1-2H3/t21-/m1/s1. The predicted octanol–water partition coefficient (Wildman–Crippen LogP) is 4.72. The van der Waals surface area contributed by atoms with E-state index in [1.165, 1.54) is 0 Å². The molecule has 140 valence electrons. The van der Waals surface area contributed by atoms with Crippen LogP contribution in [0.2, 0.25) is 5.02 Å². The summed E-state index contributed by atoms with van der Waals surface area (Å²) in [4.78, 5) is 0.223. The number of hydrogen-bond acceptors (Lipinski definition) is 3. The molecular weight excluding hydrogens is 382 g/mol. The van der Waals surface area contributed by atoms with E-state index in [0.29, 0.717) is 10.8 Å². The van der Waals surface area contributed by atoms with Gasteiger partial charge in [0.1, 0.15) is 5.75 Å². The molecule has 0 heterocycles. The smallest absolute Gasteiger partial charge is 0.241 e. The lowest BCUT2D eigenvalue weighted by Crippen LogP contribution is -2.29. The molecular formula is C21H20ClNO3S. The third-order valence-electron chi connectivity index (χ3n) is 4.26. The Morgan fingerprint density at radius 2 is 1.37 bits per heavy atom. The van der Waals surface area contributed by atoms with Gasteiger partial charge in [0.15, 0.2) is 0 Å².